The van der Waals surface area contributed by atoms with Crippen LogP contribution in [0.2, 0.25) is 0 Å². The van der Waals surface area contributed by atoms with Crippen LogP contribution in [-0.4, -0.2) is 44.5 Å². The monoisotopic (exact) mass is 398 g/mol. The van der Waals surface area contributed by atoms with Gasteiger partial charge in [0, 0.05) is 42.7 Å². The molecule has 0 aromatic heterocycles. The molecule has 0 radical (unpaired) electrons. The smallest absolute Gasteiger partial charge is 0.251 e. The number of rotatable bonds is 10. The first-order valence-corrected chi connectivity index (χ1v) is 9.32. The van der Waals surface area contributed by atoms with Crippen LogP contribution in [0.15, 0.2) is 48.5 Å². The predicted molar refractivity (Wildman–Crippen MR) is 113 cm³/mol. The topological polar surface area (TPSA) is 109 Å². The summed E-state index contributed by atoms with van der Waals surface area (Å²) in [7, 11) is 1.57. The minimum absolute atomic E-state index is 0.0523. The van der Waals surface area contributed by atoms with Gasteiger partial charge in [0.15, 0.2) is 0 Å². The Labute approximate surface area is 170 Å². The molecule has 0 aliphatic rings. The van der Waals surface area contributed by atoms with Crippen LogP contribution in [0.5, 0.6) is 0 Å². The standard InChI is InChI=1S/C21H26N4O4/c1-3-19(26)24-18-10-8-16(9-11-18)23-14-20(27)25-17-6-4-15(5-7-17)21(28)22-12-13-29-2/h4-11,23H,3,12-14H2,1-2H3,(H,22,28)(H,24,26)(H,25,27). The number of benzene rings is 2. The zero-order valence-electron chi connectivity index (χ0n) is 16.6. The lowest BCUT2D eigenvalue weighted by molar-refractivity contribution is -0.116. The number of hydrogen-bond acceptors (Lipinski definition) is 5. The molecule has 3 amide bonds. The molecule has 0 saturated heterocycles. The number of carbonyl (C=O) groups is 3. The fourth-order valence-corrected chi connectivity index (χ4v) is 2.38. The van der Waals surface area contributed by atoms with Crippen molar-refractivity contribution in [3.63, 3.8) is 0 Å². The highest BCUT2D eigenvalue weighted by atomic mass is 16.5. The Bertz CT molecular complexity index is 820. The molecule has 8 heteroatoms. The molecule has 0 atom stereocenters. The Hall–Kier alpha value is -3.39. The molecule has 0 aliphatic carbocycles. The molecule has 2 aromatic carbocycles. The van der Waals surface area contributed by atoms with E-state index in [1.165, 1.54) is 0 Å². The Balaban J connectivity index is 1.78. The predicted octanol–water partition coefficient (Wildman–Crippen LogP) is 2.46. The van der Waals surface area contributed by atoms with Gasteiger partial charge < -0.3 is 26.0 Å². The molecule has 0 heterocycles. The van der Waals surface area contributed by atoms with E-state index in [1.54, 1.807) is 62.6 Å². The highest BCUT2D eigenvalue weighted by Crippen LogP contribution is 2.14. The third kappa shape index (κ3) is 7.63. The number of methoxy groups -OCH3 is 1. The van der Waals surface area contributed by atoms with E-state index in [4.69, 9.17) is 4.74 Å². The maximum atomic E-state index is 12.1. The zero-order valence-corrected chi connectivity index (χ0v) is 16.6. The molecule has 0 bridgehead atoms. The summed E-state index contributed by atoms with van der Waals surface area (Å²) >= 11 is 0. The minimum Gasteiger partial charge on any atom is -0.383 e. The quantitative estimate of drug-likeness (QED) is 0.460. The van der Waals surface area contributed by atoms with Crippen LogP contribution >= 0.6 is 0 Å². The third-order valence-corrected chi connectivity index (χ3v) is 3.97. The van der Waals surface area contributed by atoms with Crippen molar-refractivity contribution in [1.29, 1.82) is 0 Å². The normalized spacial score (nSPS) is 10.1. The summed E-state index contributed by atoms with van der Waals surface area (Å²) in [6, 6.07) is 13.8. The second-order valence-electron chi connectivity index (χ2n) is 6.21. The highest BCUT2D eigenvalue weighted by Gasteiger charge is 2.07. The number of nitrogens with one attached hydrogen (secondary N) is 4. The van der Waals surface area contributed by atoms with E-state index in [2.05, 4.69) is 21.3 Å². The molecule has 0 saturated carbocycles. The van der Waals surface area contributed by atoms with Gasteiger partial charge in [0.1, 0.15) is 0 Å². The van der Waals surface area contributed by atoms with Crippen LogP contribution < -0.4 is 21.3 Å². The summed E-state index contributed by atoms with van der Waals surface area (Å²) in [5.41, 5.74) is 2.58. The van der Waals surface area contributed by atoms with Gasteiger partial charge in [-0.3, -0.25) is 14.4 Å². The molecule has 0 spiro atoms. The van der Waals surface area contributed by atoms with Gasteiger partial charge >= 0.3 is 0 Å². The Morgan fingerprint density at radius 1 is 0.828 bits per heavy atom. The molecule has 0 fully saturated rings. The first-order valence-electron chi connectivity index (χ1n) is 9.32. The summed E-state index contributed by atoms with van der Waals surface area (Å²) < 4.78 is 4.89. The number of ether oxygens (including phenoxy) is 1. The van der Waals surface area contributed by atoms with Gasteiger partial charge in [-0.25, -0.2) is 0 Å². The summed E-state index contributed by atoms with van der Waals surface area (Å²) in [5, 5.41) is 11.3. The van der Waals surface area contributed by atoms with Crippen LogP contribution in [0.25, 0.3) is 0 Å². The number of amides is 3. The molecule has 8 nitrogen and oxygen atoms in total. The van der Waals surface area contributed by atoms with Crippen molar-refractivity contribution in [3.8, 4) is 0 Å². The first-order chi connectivity index (χ1) is 14.0. The summed E-state index contributed by atoms with van der Waals surface area (Å²) in [6.45, 7) is 2.75. The molecule has 4 N–H and O–H groups in total. The maximum absolute atomic E-state index is 12.1. The molecule has 0 unspecified atom stereocenters. The van der Waals surface area contributed by atoms with Crippen LogP contribution in [-0.2, 0) is 14.3 Å². The van der Waals surface area contributed by atoms with Crippen molar-refractivity contribution in [2.45, 2.75) is 13.3 Å². The van der Waals surface area contributed by atoms with E-state index in [9.17, 15) is 14.4 Å². The van der Waals surface area contributed by atoms with Gasteiger partial charge in [-0.15, -0.1) is 0 Å². The van der Waals surface area contributed by atoms with Crippen molar-refractivity contribution < 1.29 is 19.1 Å². The van der Waals surface area contributed by atoms with E-state index in [1.807, 2.05) is 0 Å². The maximum Gasteiger partial charge on any atom is 0.251 e. The average Bonchev–Trinajstić information content (AvgIpc) is 2.73. The molecule has 0 aliphatic heterocycles. The zero-order chi connectivity index (χ0) is 21.1. The van der Waals surface area contributed by atoms with Gasteiger partial charge in [-0.1, -0.05) is 6.92 Å². The summed E-state index contributed by atoms with van der Waals surface area (Å²) in [6.07, 6.45) is 0.416. The fourth-order valence-electron chi connectivity index (χ4n) is 2.38. The van der Waals surface area contributed by atoms with E-state index in [-0.39, 0.29) is 24.3 Å². The van der Waals surface area contributed by atoms with Crippen molar-refractivity contribution in [1.82, 2.24) is 5.32 Å². The lowest BCUT2D eigenvalue weighted by atomic mass is 10.2. The van der Waals surface area contributed by atoms with E-state index in [0.717, 1.165) is 5.69 Å². The molecule has 154 valence electrons. The second kappa shape index (κ2) is 11.5. The summed E-state index contributed by atoms with van der Waals surface area (Å²) in [4.78, 5) is 35.4. The van der Waals surface area contributed by atoms with E-state index >= 15 is 0 Å². The number of hydrogen-bond donors (Lipinski definition) is 4. The highest BCUT2D eigenvalue weighted by molar-refractivity contribution is 5.96. The Morgan fingerprint density at radius 3 is 1.97 bits per heavy atom. The van der Waals surface area contributed by atoms with E-state index in [0.29, 0.717) is 36.5 Å². The van der Waals surface area contributed by atoms with Crippen molar-refractivity contribution in [2.75, 3.05) is 42.8 Å². The van der Waals surface area contributed by atoms with Crippen molar-refractivity contribution in [2.24, 2.45) is 0 Å². The molecule has 29 heavy (non-hydrogen) atoms. The minimum atomic E-state index is -0.217. The van der Waals surface area contributed by atoms with Gasteiger partial charge in [0.25, 0.3) is 5.91 Å². The Kier molecular flexibility index (Phi) is 8.65. The molecule has 2 aromatic rings. The van der Waals surface area contributed by atoms with Crippen LogP contribution in [0.1, 0.15) is 23.7 Å². The average molecular weight is 398 g/mol. The number of carbonyl (C=O) groups excluding carboxylic acids is 3. The SMILES string of the molecule is CCC(=O)Nc1ccc(NCC(=O)Nc2ccc(C(=O)NCCOC)cc2)cc1. The van der Waals surface area contributed by atoms with Crippen molar-refractivity contribution >= 4 is 34.8 Å². The van der Waals surface area contributed by atoms with Gasteiger partial charge in [0.05, 0.1) is 13.2 Å². The van der Waals surface area contributed by atoms with Crippen LogP contribution in [0, 0.1) is 0 Å². The summed E-state index contributed by atoms with van der Waals surface area (Å²) in [5.74, 6) is -0.464. The van der Waals surface area contributed by atoms with Gasteiger partial charge in [0.2, 0.25) is 11.8 Å². The number of anilines is 3. The molecular weight excluding hydrogens is 372 g/mol. The molecular formula is C21H26N4O4. The van der Waals surface area contributed by atoms with Gasteiger partial charge in [-0.05, 0) is 48.5 Å². The lowest BCUT2D eigenvalue weighted by Gasteiger charge is -2.10. The van der Waals surface area contributed by atoms with E-state index < -0.39 is 0 Å². The van der Waals surface area contributed by atoms with Crippen molar-refractivity contribution in [3.05, 3.63) is 54.1 Å². The lowest BCUT2D eigenvalue weighted by Crippen LogP contribution is -2.27. The largest absolute Gasteiger partial charge is 0.383 e. The third-order valence-electron chi connectivity index (χ3n) is 3.97. The van der Waals surface area contributed by atoms with Gasteiger partial charge in [-0.2, -0.15) is 0 Å². The Morgan fingerprint density at radius 2 is 1.38 bits per heavy atom. The molecule has 2 rings (SSSR count). The first kappa shape index (κ1) is 21.9. The van der Waals surface area contributed by atoms with Crippen LogP contribution in [0.4, 0.5) is 17.1 Å². The fraction of sp³-hybridized carbons (Fsp3) is 0.286. The van der Waals surface area contributed by atoms with Crippen LogP contribution in [0.3, 0.4) is 0 Å². The second-order valence-corrected chi connectivity index (χ2v) is 6.21.